The standard InChI is InChI=1S/C14H14ClNO/c15-13-8-10(14-2-1-7-17-14)3-4-11(13)9-16-12-5-6-12/h1-4,7-8,12,16H,5-6,9H2. The van der Waals surface area contributed by atoms with Crippen molar-refractivity contribution in [2.75, 3.05) is 0 Å². The average molecular weight is 248 g/mol. The Morgan fingerprint density at radius 2 is 2.18 bits per heavy atom. The summed E-state index contributed by atoms with van der Waals surface area (Å²) in [5, 5.41) is 4.26. The summed E-state index contributed by atoms with van der Waals surface area (Å²) >= 11 is 6.27. The van der Waals surface area contributed by atoms with Gasteiger partial charge >= 0.3 is 0 Å². The first-order chi connectivity index (χ1) is 8.33. The van der Waals surface area contributed by atoms with Gasteiger partial charge in [0.25, 0.3) is 0 Å². The Bertz CT molecular complexity index is 503. The van der Waals surface area contributed by atoms with Crippen LogP contribution in [0.3, 0.4) is 0 Å². The normalized spacial score (nSPS) is 15.1. The van der Waals surface area contributed by atoms with Crippen LogP contribution in [0.15, 0.2) is 41.0 Å². The van der Waals surface area contributed by atoms with E-state index in [1.54, 1.807) is 6.26 Å². The molecule has 1 aromatic carbocycles. The molecule has 1 N–H and O–H groups in total. The van der Waals surface area contributed by atoms with Crippen molar-refractivity contribution in [1.29, 1.82) is 0 Å². The zero-order valence-corrected chi connectivity index (χ0v) is 10.2. The molecule has 1 heterocycles. The summed E-state index contributed by atoms with van der Waals surface area (Å²) in [5.41, 5.74) is 2.17. The van der Waals surface area contributed by atoms with E-state index in [-0.39, 0.29) is 0 Å². The van der Waals surface area contributed by atoms with Crippen LogP contribution in [-0.4, -0.2) is 6.04 Å². The van der Waals surface area contributed by atoms with Crippen molar-refractivity contribution in [3.8, 4) is 11.3 Å². The molecule has 2 nitrogen and oxygen atoms in total. The molecule has 0 saturated heterocycles. The van der Waals surface area contributed by atoms with Crippen LogP contribution in [0.5, 0.6) is 0 Å². The number of hydrogen-bond acceptors (Lipinski definition) is 2. The quantitative estimate of drug-likeness (QED) is 0.888. The molecule has 1 aromatic heterocycles. The van der Waals surface area contributed by atoms with Gasteiger partial charge in [-0.1, -0.05) is 23.7 Å². The van der Waals surface area contributed by atoms with Crippen molar-refractivity contribution in [3.63, 3.8) is 0 Å². The van der Waals surface area contributed by atoms with Gasteiger partial charge in [-0.05, 0) is 36.6 Å². The molecule has 0 atom stereocenters. The van der Waals surface area contributed by atoms with E-state index in [1.807, 2.05) is 18.2 Å². The van der Waals surface area contributed by atoms with Crippen LogP contribution in [0.25, 0.3) is 11.3 Å². The fourth-order valence-electron chi connectivity index (χ4n) is 1.83. The van der Waals surface area contributed by atoms with Crippen molar-refractivity contribution in [2.45, 2.75) is 25.4 Å². The fourth-order valence-corrected chi connectivity index (χ4v) is 2.08. The van der Waals surface area contributed by atoms with Crippen LogP contribution in [0, 0.1) is 0 Å². The second kappa shape index (κ2) is 4.55. The van der Waals surface area contributed by atoms with Gasteiger partial charge in [-0.25, -0.2) is 0 Å². The number of furan rings is 1. The average Bonchev–Trinajstić information content (AvgIpc) is 3.00. The summed E-state index contributed by atoms with van der Waals surface area (Å²) < 4.78 is 5.35. The van der Waals surface area contributed by atoms with E-state index in [2.05, 4.69) is 17.4 Å². The lowest BCUT2D eigenvalue weighted by molar-refractivity contribution is 0.582. The largest absolute Gasteiger partial charge is 0.464 e. The highest BCUT2D eigenvalue weighted by Crippen LogP contribution is 2.27. The van der Waals surface area contributed by atoms with Crippen molar-refractivity contribution < 1.29 is 4.42 Å². The summed E-state index contributed by atoms with van der Waals surface area (Å²) in [6.07, 6.45) is 4.26. The maximum absolute atomic E-state index is 6.27. The Labute approximate surface area is 106 Å². The molecule has 3 rings (SSSR count). The van der Waals surface area contributed by atoms with Crippen LogP contribution < -0.4 is 5.32 Å². The number of nitrogens with one attached hydrogen (secondary N) is 1. The Hall–Kier alpha value is -1.25. The Balaban J connectivity index is 1.78. The van der Waals surface area contributed by atoms with Gasteiger partial charge in [0.1, 0.15) is 5.76 Å². The first-order valence-corrected chi connectivity index (χ1v) is 6.26. The highest BCUT2D eigenvalue weighted by molar-refractivity contribution is 6.31. The smallest absolute Gasteiger partial charge is 0.133 e. The molecule has 3 heteroatoms. The van der Waals surface area contributed by atoms with Gasteiger partial charge in [-0.2, -0.15) is 0 Å². The minimum Gasteiger partial charge on any atom is -0.464 e. The number of benzene rings is 1. The highest BCUT2D eigenvalue weighted by atomic mass is 35.5. The number of rotatable bonds is 4. The molecule has 0 radical (unpaired) electrons. The summed E-state index contributed by atoms with van der Waals surface area (Å²) in [5.74, 6) is 0.855. The van der Waals surface area contributed by atoms with Crippen LogP contribution >= 0.6 is 11.6 Å². The topological polar surface area (TPSA) is 25.2 Å². The highest BCUT2D eigenvalue weighted by Gasteiger charge is 2.20. The van der Waals surface area contributed by atoms with Crippen molar-refractivity contribution in [2.24, 2.45) is 0 Å². The molecule has 17 heavy (non-hydrogen) atoms. The van der Waals surface area contributed by atoms with E-state index in [0.29, 0.717) is 6.04 Å². The predicted octanol–water partition coefficient (Wildman–Crippen LogP) is 3.85. The molecule has 0 aliphatic heterocycles. The van der Waals surface area contributed by atoms with Crippen LogP contribution in [0.2, 0.25) is 5.02 Å². The van der Waals surface area contributed by atoms with E-state index in [9.17, 15) is 0 Å². The minimum absolute atomic E-state index is 0.704. The molecule has 0 spiro atoms. The van der Waals surface area contributed by atoms with E-state index < -0.39 is 0 Å². The third kappa shape index (κ3) is 2.54. The van der Waals surface area contributed by atoms with Crippen LogP contribution in [-0.2, 0) is 6.54 Å². The first-order valence-electron chi connectivity index (χ1n) is 5.88. The van der Waals surface area contributed by atoms with Crippen molar-refractivity contribution in [1.82, 2.24) is 5.32 Å². The second-order valence-corrected chi connectivity index (χ2v) is 4.85. The second-order valence-electron chi connectivity index (χ2n) is 4.44. The van der Waals surface area contributed by atoms with Crippen LogP contribution in [0.4, 0.5) is 0 Å². The molecule has 1 aliphatic rings. The molecule has 1 fully saturated rings. The predicted molar refractivity (Wildman–Crippen MR) is 69.0 cm³/mol. The van der Waals surface area contributed by atoms with E-state index in [0.717, 1.165) is 28.5 Å². The first kappa shape index (κ1) is 10.9. The summed E-state index contributed by atoms with van der Waals surface area (Å²) in [6.45, 7) is 0.849. The Morgan fingerprint density at radius 3 is 2.82 bits per heavy atom. The van der Waals surface area contributed by atoms with Gasteiger partial charge in [-0.15, -0.1) is 0 Å². The van der Waals surface area contributed by atoms with Gasteiger partial charge in [-0.3, -0.25) is 0 Å². The minimum atomic E-state index is 0.704. The van der Waals surface area contributed by atoms with Crippen molar-refractivity contribution in [3.05, 3.63) is 47.2 Å². The maximum atomic E-state index is 6.27. The summed E-state index contributed by atoms with van der Waals surface area (Å²) in [6, 6.07) is 10.6. The molecular weight excluding hydrogens is 234 g/mol. The lowest BCUT2D eigenvalue weighted by atomic mass is 10.1. The van der Waals surface area contributed by atoms with E-state index >= 15 is 0 Å². The lowest BCUT2D eigenvalue weighted by Gasteiger charge is -2.07. The molecule has 0 amide bonds. The third-order valence-electron chi connectivity index (χ3n) is 3.02. The SMILES string of the molecule is Clc1cc(-c2ccco2)ccc1CNC1CC1. The summed E-state index contributed by atoms with van der Waals surface area (Å²) in [7, 11) is 0. The molecule has 0 unspecified atom stereocenters. The molecule has 1 aliphatic carbocycles. The van der Waals surface area contributed by atoms with E-state index in [4.69, 9.17) is 16.0 Å². The number of halogens is 1. The molecule has 0 bridgehead atoms. The maximum Gasteiger partial charge on any atom is 0.133 e. The van der Waals surface area contributed by atoms with Gasteiger partial charge in [0.05, 0.1) is 6.26 Å². The van der Waals surface area contributed by atoms with Crippen molar-refractivity contribution >= 4 is 11.6 Å². The Morgan fingerprint density at radius 1 is 1.29 bits per heavy atom. The van der Waals surface area contributed by atoms with Gasteiger partial charge < -0.3 is 9.73 Å². The molecule has 2 aromatic rings. The van der Waals surface area contributed by atoms with Gasteiger partial charge in [0.2, 0.25) is 0 Å². The molecule has 1 saturated carbocycles. The zero-order valence-electron chi connectivity index (χ0n) is 9.45. The van der Waals surface area contributed by atoms with Gasteiger partial charge in [0, 0.05) is 23.2 Å². The van der Waals surface area contributed by atoms with Gasteiger partial charge in [0.15, 0.2) is 0 Å². The Kier molecular flexibility index (Phi) is 2.91. The third-order valence-corrected chi connectivity index (χ3v) is 3.37. The molecular formula is C14H14ClNO. The lowest BCUT2D eigenvalue weighted by Crippen LogP contribution is -2.15. The summed E-state index contributed by atoms with van der Waals surface area (Å²) in [4.78, 5) is 0. The van der Waals surface area contributed by atoms with Crippen LogP contribution in [0.1, 0.15) is 18.4 Å². The van der Waals surface area contributed by atoms with E-state index in [1.165, 1.54) is 12.8 Å². The molecule has 88 valence electrons. The fraction of sp³-hybridized carbons (Fsp3) is 0.286. The monoisotopic (exact) mass is 247 g/mol. The zero-order chi connectivity index (χ0) is 11.7. The number of hydrogen-bond donors (Lipinski definition) is 1.